The van der Waals surface area contributed by atoms with E-state index in [2.05, 4.69) is 21.2 Å². The number of hydrogen-bond acceptors (Lipinski definition) is 1. The monoisotopic (exact) mass is 346 g/mol. The third-order valence-electron chi connectivity index (χ3n) is 3.39. The first-order valence-corrected chi connectivity index (χ1v) is 7.17. The summed E-state index contributed by atoms with van der Waals surface area (Å²) >= 11 is 3.38. The van der Waals surface area contributed by atoms with Crippen molar-refractivity contribution in [2.75, 3.05) is 5.32 Å². The van der Waals surface area contributed by atoms with E-state index in [1.54, 1.807) is 35.9 Å². The van der Waals surface area contributed by atoms with Crippen LogP contribution in [0.3, 0.4) is 0 Å². The second kappa shape index (κ2) is 5.33. The maximum Gasteiger partial charge on any atom is 0.272 e. The Hall–Kier alpha value is -2.14. The molecule has 3 rings (SSSR count). The van der Waals surface area contributed by atoms with Crippen LogP contribution in [0.25, 0.3) is 10.9 Å². The third kappa shape index (κ3) is 2.45. The first kappa shape index (κ1) is 13.8. The highest BCUT2D eigenvalue weighted by molar-refractivity contribution is 9.10. The number of benzene rings is 2. The maximum absolute atomic E-state index is 13.8. The van der Waals surface area contributed by atoms with Gasteiger partial charge in [-0.1, -0.05) is 18.2 Å². The molecular formula is C16H12BrFN2O. The lowest BCUT2D eigenvalue weighted by molar-refractivity contribution is 0.101. The molecular weight excluding hydrogens is 335 g/mol. The highest BCUT2D eigenvalue weighted by Gasteiger charge is 2.16. The zero-order chi connectivity index (χ0) is 15.0. The average Bonchev–Trinajstić information content (AvgIpc) is 2.81. The van der Waals surface area contributed by atoms with E-state index < -0.39 is 0 Å². The molecule has 0 aliphatic heterocycles. The summed E-state index contributed by atoms with van der Waals surface area (Å²) in [4.78, 5) is 12.4. The van der Waals surface area contributed by atoms with Gasteiger partial charge in [-0.15, -0.1) is 0 Å². The Balaban J connectivity index is 2.01. The number of carbonyl (C=O) groups excluding carboxylic acids is 1. The van der Waals surface area contributed by atoms with Gasteiger partial charge in [-0.2, -0.15) is 0 Å². The molecule has 0 aliphatic rings. The summed E-state index contributed by atoms with van der Waals surface area (Å²) in [6, 6.07) is 13.7. The number of rotatable bonds is 2. The van der Waals surface area contributed by atoms with Crippen molar-refractivity contribution in [2.45, 2.75) is 0 Å². The minimum absolute atomic E-state index is 0.278. The predicted molar refractivity (Wildman–Crippen MR) is 85.0 cm³/mol. The second-order valence-electron chi connectivity index (χ2n) is 4.70. The number of hydrogen-bond donors (Lipinski definition) is 1. The van der Waals surface area contributed by atoms with E-state index in [9.17, 15) is 9.18 Å². The molecule has 3 nitrogen and oxygen atoms in total. The molecule has 3 aromatic rings. The van der Waals surface area contributed by atoms with Gasteiger partial charge in [0.1, 0.15) is 11.5 Å². The average molecular weight is 347 g/mol. The number of amides is 1. The van der Waals surface area contributed by atoms with Crippen LogP contribution in [0.2, 0.25) is 0 Å². The molecule has 0 spiro atoms. The van der Waals surface area contributed by atoms with Gasteiger partial charge in [0.25, 0.3) is 5.91 Å². The van der Waals surface area contributed by atoms with E-state index in [4.69, 9.17) is 0 Å². The molecule has 106 valence electrons. The fourth-order valence-electron chi connectivity index (χ4n) is 2.29. The summed E-state index contributed by atoms with van der Waals surface area (Å²) in [6.07, 6.45) is 0. The van der Waals surface area contributed by atoms with Crippen LogP contribution in [0.1, 0.15) is 10.5 Å². The van der Waals surface area contributed by atoms with Gasteiger partial charge < -0.3 is 9.88 Å². The first-order valence-electron chi connectivity index (χ1n) is 6.38. The summed E-state index contributed by atoms with van der Waals surface area (Å²) in [6.45, 7) is 0. The molecule has 0 unspecified atom stereocenters. The molecule has 0 aliphatic carbocycles. The number of aryl methyl sites for hydroxylation is 1. The van der Waals surface area contributed by atoms with Gasteiger partial charge >= 0.3 is 0 Å². The number of aromatic nitrogens is 1. The minimum Gasteiger partial charge on any atom is -0.340 e. The van der Waals surface area contributed by atoms with Crippen LogP contribution < -0.4 is 5.32 Å². The van der Waals surface area contributed by atoms with Gasteiger partial charge in [0.05, 0.1) is 11.2 Å². The molecule has 1 amide bonds. The Morgan fingerprint density at radius 3 is 2.67 bits per heavy atom. The van der Waals surface area contributed by atoms with Crippen LogP contribution >= 0.6 is 15.9 Å². The normalized spacial score (nSPS) is 10.8. The Morgan fingerprint density at radius 2 is 1.95 bits per heavy atom. The first-order chi connectivity index (χ1) is 10.1. The minimum atomic E-state index is -0.331. The van der Waals surface area contributed by atoms with E-state index in [-0.39, 0.29) is 11.7 Å². The van der Waals surface area contributed by atoms with Crippen LogP contribution in [-0.2, 0) is 7.05 Å². The zero-order valence-electron chi connectivity index (χ0n) is 11.2. The van der Waals surface area contributed by atoms with Crippen molar-refractivity contribution in [3.63, 3.8) is 0 Å². The Kier molecular flexibility index (Phi) is 3.51. The number of halogens is 2. The molecule has 1 N–H and O–H groups in total. The molecule has 1 aromatic heterocycles. The second-order valence-corrected chi connectivity index (χ2v) is 5.55. The molecule has 5 heteroatoms. The lowest BCUT2D eigenvalue weighted by atomic mass is 10.2. The molecule has 21 heavy (non-hydrogen) atoms. The molecule has 0 fully saturated rings. The van der Waals surface area contributed by atoms with Crippen LogP contribution in [-0.4, -0.2) is 10.5 Å². The zero-order valence-corrected chi connectivity index (χ0v) is 12.8. The summed E-state index contributed by atoms with van der Waals surface area (Å²) in [7, 11) is 1.75. The van der Waals surface area contributed by atoms with Crippen molar-refractivity contribution in [3.8, 4) is 0 Å². The Morgan fingerprint density at radius 1 is 1.19 bits per heavy atom. The van der Waals surface area contributed by atoms with Gasteiger partial charge in [-0.3, -0.25) is 4.79 Å². The fourth-order valence-corrected chi connectivity index (χ4v) is 2.68. The highest BCUT2D eigenvalue weighted by Crippen LogP contribution is 2.25. The van der Waals surface area contributed by atoms with Gasteiger partial charge in [0, 0.05) is 16.9 Å². The number of para-hydroxylation sites is 1. The third-order valence-corrected chi connectivity index (χ3v) is 4.08. The molecule has 0 atom stereocenters. The summed E-state index contributed by atoms with van der Waals surface area (Å²) in [5.41, 5.74) is 1.77. The van der Waals surface area contributed by atoms with Crippen molar-refractivity contribution in [3.05, 3.63) is 64.5 Å². The predicted octanol–water partition coefficient (Wildman–Crippen LogP) is 4.33. The Bertz CT molecular complexity index is 841. The van der Waals surface area contributed by atoms with Crippen LogP contribution in [0, 0.1) is 5.82 Å². The van der Waals surface area contributed by atoms with Gasteiger partial charge in [0.15, 0.2) is 0 Å². The van der Waals surface area contributed by atoms with Gasteiger partial charge in [-0.05, 0) is 46.3 Å². The molecule has 0 radical (unpaired) electrons. The van der Waals surface area contributed by atoms with Gasteiger partial charge in [-0.25, -0.2) is 4.39 Å². The van der Waals surface area contributed by atoms with Gasteiger partial charge in [0.2, 0.25) is 0 Å². The quantitative estimate of drug-likeness (QED) is 0.736. The SMILES string of the molecule is Cn1c(C(=O)Nc2ccccc2Br)cc2c(F)cccc21. The molecule has 0 bridgehead atoms. The van der Waals surface area contributed by atoms with E-state index in [0.717, 1.165) is 4.47 Å². The topological polar surface area (TPSA) is 34.0 Å². The number of nitrogens with zero attached hydrogens (tertiary/aromatic N) is 1. The lowest BCUT2D eigenvalue weighted by Gasteiger charge is -2.08. The van der Waals surface area contributed by atoms with Crippen LogP contribution in [0.5, 0.6) is 0 Å². The fraction of sp³-hybridized carbons (Fsp3) is 0.0625. The largest absolute Gasteiger partial charge is 0.340 e. The number of nitrogens with one attached hydrogen (secondary N) is 1. The summed E-state index contributed by atoms with van der Waals surface area (Å²) < 4.78 is 16.3. The smallest absolute Gasteiger partial charge is 0.272 e. The van der Waals surface area contributed by atoms with Crippen LogP contribution in [0.15, 0.2) is 53.0 Å². The van der Waals surface area contributed by atoms with Crippen molar-refractivity contribution >= 4 is 38.4 Å². The molecule has 2 aromatic carbocycles. The van der Waals surface area contributed by atoms with E-state index >= 15 is 0 Å². The molecule has 0 saturated carbocycles. The van der Waals surface area contributed by atoms with E-state index in [0.29, 0.717) is 22.3 Å². The Labute approximate surface area is 129 Å². The highest BCUT2D eigenvalue weighted by atomic mass is 79.9. The summed E-state index contributed by atoms with van der Waals surface area (Å²) in [5.74, 6) is -0.608. The lowest BCUT2D eigenvalue weighted by Crippen LogP contribution is -2.15. The maximum atomic E-state index is 13.8. The van der Waals surface area contributed by atoms with Crippen molar-refractivity contribution in [2.24, 2.45) is 7.05 Å². The molecule has 1 heterocycles. The standard InChI is InChI=1S/C16H12BrFN2O/c1-20-14-8-4-6-12(18)10(14)9-15(20)16(21)19-13-7-3-2-5-11(13)17/h2-9H,1H3,(H,19,21). The number of fused-ring (bicyclic) bond motifs is 1. The summed E-state index contributed by atoms with van der Waals surface area (Å²) in [5, 5.41) is 3.26. The van der Waals surface area contributed by atoms with Crippen molar-refractivity contribution in [1.82, 2.24) is 4.57 Å². The van der Waals surface area contributed by atoms with Crippen LogP contribution in [0.4, 0.5) is 10.1 Å². The molecule has 0 saturated heterocycles. The van der Waals surface area contributed by atoms with Crippen molar-refractivity contribution in [1.29, 1.82) is 0 Å². The van der Waals surface area contributed by atoms with E-state index in [1.165, 1.54) is 6.07 Å². The number of carbonyl (C=O) groups is 1. The van der Waals surface area contributed by atoms with E-state index in [1.807, 2.05) is 18.2 Å². The van der Waals surface area contributed by atoms with Crippen molar-refractivity contribution < 1.29 is 9.18 Å². The number of anilines is 1.